The van der Waals surface area contributed by atoms with Crippen molar-refractivity contribution < 1.29 is 9.90 Å². The number of hydrogen-bond acceptors (Lipinski definition) is 8. The predicted octanol–water partition coefficient (Wildman–Crippen LogP) is 2.56. The van der Waals surface area contributed by atoms with Crippen LogP contribution in [-0.4, -0.2) is 50.2 Å². The quantitative estimate of drug-likeness (QED) is 0.465. The summed E-state index contributed by atoms with van der Waals surface area (Å²) in [5.74, 6) is 0.854. The van der Waals surface area contributed by atoms with Crippen LogP contribution in [-0.2, 0) is 6.42 Å². The molecule has 2 heterocycles. The maximum Gasteiger partial charge on any atom is 0.208 e. The molecule has 8 nitrogen and oxygen atoms in total. The summed E-state index contributed by atoms with van der Waals surface area (Å²) in [6.07, 6.45) is 3.59. The summed E-state index contributed by atoms with van der Waals surface area (Å²) in [6, 6.07) is 10.3. The third-order valence-electron chi connectivity index (χ3n) is 4.89. The molecule has 0 amide bonds. The molecule has 1 aromatic carbocycles. The molecule has 0 unspecified atom stereocenters. The summed E-state index contributed by atoms with van der Waals surface area (Å²) >= 11 is 0. The number of carbonyl (C=O) groups excluding carboxylic acids is 1. The molecule has 3 aromatic rings. The van der Waals surface area contributed by atoms with Gasteiger partial charge in [-0.25, -0.2) is 9.97 Å². The van der Waals surface area contributed by atoms with Gasteiger partial charge in [0.2, 0.25) is 5.78 Å². The first-order valence-electron chi connectivity index (χ1n) is 9.81. The van der Waals surface area contributed by atoms with E-state index in [0.717, 1.165) is 29.1 Å². The molecule has 0 saturated heterocycles. The molecule has 0 radical (unpaired) electrons. The van der Waals surface area contributed by atoms with Crippen molar-refractivity contribution in [2.24, 2.45) is 0 Å². The summed E-state index contributed by atoms with van der Waals surface area (Å²) in [7, 11) is 0. The number of aromatic nitrogens is 4. The second kappa shape index (κ2) is 9.89. The first kappa shape index (κ1) is 21.3. The lowest BCUT2D eigenvalue weighted by Crippen LogP contribution is -2.26. The Labute approximate surface area is 175 Å². The Morgan fingerprint density at radius 1 is 1.07 bits per heavy atom. The van der Waals surface area contributed by atoms with Crippen molar-refractivity contribution in [3.05, 3.63) is 70.8 Å². The minimum absolute atomic E-state index is 0.0317. The van der Waals surface area contributed by atoms with Gasteiger partial charge in [-0.3, -0.25) is 4.79 Å². The molecular formula is C22H26N6O2. The number of aliphatic hydroxyl groups excluding tert-OH is 1. The van der Waals surface area contributed by atoms with Crippen LogP contribution in [0.25, 0.3) is 0 Å². The Hall–Kier alpha value is -3.39. The molecule has 0 bridgehead atoms. The van der Waals surface area contributed by atoms with Crippen molar-refractivity contribution >= 4 is 17.4 Å². The van der Waals surface area contributed by atoms with Gasteiger partial charge in [0.15, 0.2) is 5.82 Å². The third-order valence-corrected chi connectivity index (χ3v) is 4.89. The van der Waals surface area contributed by atoms with Gasteiger partial charge < -0.3 is 15.7 Å². The summed E-state index contributed by atoms with van der Waals surface area (Å²) in [6.45, 7) is 6.14. The van der Waals surface area contributed by atoms with Crippen molar-refractivity contribution in [2.75, 3.05) is 23.8 Å². The van der Waals surface area contributed by atoms with Gasteiger partial charge in [-0.05, 0) is 37.5 Å². The standard InChI is InChI=1S/C22H26N6O2/c1-14(26-21-12-23-19(11-24-21)20(30)13-29)10-25-22-16(3)15(2)18(27-28-22)9-17-7-5-4-6-8-17/h4-8,11-12,14,29H,9-10,13H2,1-3H3,(H,24,26)(H,25,28)/t14-/m1/s1. The highest BCUT2D eigenvalue weighted by Crippen LogP contribution is 2.20. The van der Waals surface area contributed by atoms with Gasteiger partial charge in [0.05, 0.1) is 18.1 Å². The van der Waals surface area contributed by atoms with Crippen LogP contribution in [0.3, 0.4) is 0 Å². The SMILES string of the molecule is Cc1c(Cc2ccccc2)nnc(NC[C@@H](C)Nc2cnc(C(=O)CO)cn2)c1C. The lowest BCUT2D eigenvalue weighted by molar-refractivity contribution is 0.0898. The first-order valence-corrected chi connectivity index (χ1v) is 9.81. The predicted molar refractivity (Wildman–Crippen MR) is 116 cm³/mol. The van der Waals surface area contributed by atoms with Gasteiger partial charge in [0.1, 0.15) is 18.1 Å². The highest BCUT2D eigenvalue weighted by atomic mass is 16.3. The molecule has 0 fully saturated rings. The second-order valence-electron chi connectivity index (χ2n) is 7.20. The summed E-state index contributed by atoms with van der Waals surface area (Å²) in [5.41, 5.74) is 4.54. The molecule has 3 N–H and O–H groups in total. The molecule has 2 aromatic heterocycles. The van der Waals surface area contributed by atoms with E-state index in [1.54, 1.807) is 0 Å². The van der Waals surface area contributed by atoms with Crippen LogP contribution in [0, 0.1) is 13.8 Å². The molecule has 0 spiro atoms. The average Bonchev–Trinajstić information content (AvgIpc) is 2.77. The fourth-order valence-electron chi connectivity index (χ4n) is 2.96. The lowest BCUT2D eigenvalue weighted by atomic mass is 10.0. The van der Waals surface area contributed by atoms with Crippen LogP contribution < -0.4 is 10.6 Å². The van der Waals surface area contributed by atoms with E-state index in [1.165, 1.54) is 18.0 Å². The minimum atomic E-state index is -0.578. The van der Waals surface area contributed by atoms with Crippen molar-refractivity contribution in [1.82, 2.24) is 20.2 Å². The Kier molecular flexibility index (Phi) is 7.03. The van der Waals surface area contributed by atoms with Crippen LogP contribution in [0.15, 0.2) is 42.7 Å². The van der Waals surface area contributed by atoms with Crippen LogP contribution in [0.4, 0.5) is 11.6 Å². The van der Waals surface area contributed by atoms with E-state index >= 15 is 0 Å². The number of nitrogens with one attached hydrogen (secondary N) is 2. The molecule has 1 atom stereocenters. The fourth-order valence-corrected chi connectivity index (χ4v) is 2.96. The molecule has 0 aliphatic rings. The maximum absolute atomic E-state index is 11.4. The number of rotatable bonds is 9. The van der Waals surface area contributed by atoms with Gasteiger partial charge in [-0.2, -0.15) is 5.10 Å². The monoisotopic (exact) mass is 406 g/mol. The van der Waals surface area contributed by atoms with Crippen LogP contribution in [0.2, 0.25) is 0 Å². The zero-order chi connectivity index (χ0) is 21.5. The number of hydrogen-bond donors (Lipinski definition) is 3. The van der Waals surface area contributed by atoms with E-state index in [4.69, 9.17) is 5.11 Å². The largest absolute Gasteiger partial charge is 0.388 e. The Morgan fingerprint density at radius 2 is 1.83 bits per heavy atom. The molecule has 3 rings (SSSR count). The van der Waals surface area contributed by atoms with Gasteiger partial charge in [0.25, 0.3) is 0 Å². The van der Waals surface area contributed by atoms with Gasteiger partial charge in [0, 0.05) is 19.0 Å². The average molecular weight is 406 g/mol. The fraction of sp³-hybridized carbons (Fsp3) is 0.318. The molecule has 0 saturated carbocycles. The molecular weight excluding hydrogens is 380 g/mol. The smallest absolute Gasteiger partial charge is 0.208 e. The highest BCUT2D eigenvalue weighted by molar-refractivity contribution is 5.94. The van der Waals surface area contributed by atoms with Crippen LogP contribution >= 0.6 is 0 Å². The van der Waals surface area contributed by atoms with E-state index in [1.807, 2.05) is 32.0 Å². The van der Waals surface area contributed by atoms with E-state index in [-0.39, 0.29) is 11.7 Å². The van der Waals surface area contributed by atoms with Crippen LogP contribution in [0.5, 0.6) is 0 Å². The molecule has 156 valence electrons. The zero-order valence-corrected chi connectivity index (χ0v) is 17.4. The zero-order valence-electron chi connectivity index (χ0n) is 17.4. The van der Waals surface area contributed by atoms with E-state index < -0.39 is 12.4 Å². The van der Waals surface area contributed by atoms with Gasteiger partial charge >= 0.3 is 0 Å². The van der Waals surface area contributed by atoms with E-state index in [0.29, 0.717) is 12.4 Å². The normalized spacial score (nSPS) is 11.7. The number of ketones is 1. The van der Waals surface area contributed by atoms with Crippen molar-refractivity contribution in [3.8, 4) is 0 Å². The topological polar surface area (TPSA) is 113 Å². The maximum atomic E-state index is 11.4. The van der Waals surface area contributed by atoms with E-state index in [2.05, 4.69) is 49.9 Å². The number of carbonyl (C=O) groups is 1. The summed E-state index contributed by atoms with van der Waals surface area (Å²) < 4.78 is 0. The summed E-state index contributed by atoms with van der Waals surface area (Å²) in [5, 5.41) is 24.2. The Morgan fingerprint density at radius 3 is 2.50 bits per heavy atom. The van der Waals surface area contributed by atoms with Crippen molar-refractivity contribution in [3.63, 3.8) is 0 Å². The molecule has 0 aliphatic carbocycles. The molecule has 0 aliphatic heterocycles. The van der Waals surface area contributed by atoms with Crippen molar-refractivity contribution in [2.45, 2.75) is 33.2 Å². The first-order chi connectivity index (χ1) is 14.5. The number of benzene rings is 1. The van der Waals surface area contributed by atoms with Gasteiger partial charge in [-0.15, -0.1) is 5.10 Å². The minimum Gasteiger partial charge on any atom is -0.388 e. The number of nitrogens with zero attached hydrogens (tertiary/aromatic N) is 4. The van der Waals surface area contributed by atoms with Crippen LogP contribution in [0.1, 0.15) is 39.8 Å². The second-order valence-corrected chi connectivity index (χ2v) is 7.20. The third kappa shape index (κ3) is 5.36. The van der Waals surface area contributed by atoms with Crippen molar-refractivity contribution in [1.29, 1.82) is 0 Å². The lowest BCUT2D eigenvalue weighted by Gasteiger charge is -2.17. The highest BCUT2D eigenvalue weighted by Gasteiger charge is 2.12. The summed E-state index contributed by atoms with van der Waals surface area (Å²) in [4.78, 5) is 19.6. The van der Waals surface area contributed by atoms with E-state index in [9.17, 15) is 4.79 Å². The molecule has 8 heteroatoms. The van der Waals surface area contributed by atoms with Gasteiger partial charge in [-0.1, -0.05) is 30.3 Å². The number of Topliss-reactive ketones (excluding diaryl/α,β-unsaturated/α-hetero) is 1. The number of anilines is 2. The Balaban J connectivity index is 1.58. The Bertz CT molecular complexity index is 993. The number of aliphatic hydroxyl groups is 1. The molecule has 30 heavy (non-hydrogen) atoms.